The maximum absolute atomic E-state index is 11.0. The molecule has 0 aliphatic carbocycles. The number of Topliss-reactive ketones (excluding diaryl/α,β-unsaturated/α-hetero) is 1. The first-order valence-corrected chi connectivity index (χ1v) is 4.43. The minimum atomic E-state index is -1.65. The zero-order chi connectivity index (χ0) is 11.6. The van der Waals surface area contributed by atoms with Gasteiger partial charge in [-0.15, -0.1) is 0 Å². The van der Waals surface area contributed by atoms with Gasteiger partial charge in [-0.25, -0.2) is 4.79 Å². The van der Waals surface area contributed by atoms with E-state index in [1.165, 1.54) is 12.1 Å². The third kappa shape index (κ3) is 2.59. The number of benzene rings is 1. The van der Waals surface area contributed by atoms with E-state index in [0.717, 1.165) is 6.07 Å². The number of carbonyl (C=O) groups excluding carboxylic acids is 1. The summed E-state index contributed by atoms with van der Waals surface area (Å²) in [5.41, 5.74) is -0.572. The van der Waals surface area contributed by atoms with Gasteiger partial charge in [0, 0.05) is 22.2 Å². The molecule has 1 rings (SSSR count). The fraction of sp³-hybridized carbons (Fsp3) is 0. The van der Waals surface area contributed by atoms with Gasteiger partial charge in [0.05, 0.1) is 4.92 Å². The first-order chi connectivity index (χ1) is 6.91. The van der Waals surface area contributed by atoms with Crippen molar-refractivity contribution in [3.05, 3.63) is 38.3 Å². The summed E-state index contributed by atoms with van der Waals surface area (Å²) in [4.78, 5) is 31.1. The number of nitro benzene ring substituents is 1. The number of nitro groups is 1. The molecular weight excluding hydrogens is 270 g/mol. The van der Waals surface area contributed by atoms with Crippen molar-refractivity contribution in [2.75, 3.05) is 0 Å². The lowest BCUT2D eigenvalue weighted by molar-refractivity contribution is -0.384. The molecule has 0 unspecified atom stereocenters. The average Bonchev–Trinajstić information content (AvgIpc) is 2.15. The van der Waals surface area contributed by atoms with E-state index >= 15 is 0 Å². The number of ketones is 1. The Morgan fingerprint density at radius 3 is 2.40 bits per heavy atom. The molecule has 7 heteroatoms. The van der Waals surface area contributed by atoms with Crippen molar-refractivity contribution in [2.45, 2.75) is 0 Å². The fourth-order valence-corrected chi connectivity index (χ4v) is 1.42. The summed E-state index contributed by atoms with van der Waals surface area (Å²) in [6.45, 7) is 0. The lowest BCUT2D eigenvalue weighted by atomic mass is 10.1. The number of aliphatic carboxylic acids is 1. The Kier molecular flexibility index (Phi) is 3.15. The Bertz CT molecular complexity index is 456. The monoisotopic (exact) mass is 273 g/mol. The van der Waals surface area contributed by atoms with Crippen LogP contribution < -0.4 is 0 Å². The Balaban J connectivity index is 3.26. The van der Waals surface area contributed by atoms with Crippen LogP contribution in [-0.4, -0.2) is 21.8 Å². The molecule has 0 saturated heterocycles. The van der Waals surface area contributed by atoms with E-state index in [0.29, 0.717) is 0 Å². The van der Waals surface area contributed by atoms with E-state index in [-0.39, 0.29) is 15.7 Å². The predicted molar refractivity (Wildman–Crippen MR) is 52.8 cm³/mol. The highest BCUT2D eigenvalue weighted by Gasteiger charge is 2.18. The zero-order valence-corrected chi connectivity index (χ0v) is 8.72. The van der Waals surface area contributed by atoms with Crippen molar-refractivity contribution in [2.24, 2.45) is 0 Å². The SMILES string of the molecule is O=C(O)C(=O)c1cc(Br)cc([N+](=O)[O-])c1. The van der Waals surface area contributed by atoms with Crippen LogP contribution in [0, 0.1) is 10.1 Å². The number of halogens is 1. The molecule has 1 N–H and O–H groups in total. The molecule has 1 aromatic carbocycles. The van der Waals surface area contributed by atoms with Crippen LogP contribution >= 0.6 is 15.9 Å². The van der Waals surface area contributed by atoms with Gasteiger partial charge in [0.2, 0.25) is 0 Å². The van der Waals surface area contributed by atoms with Crippen LogP contribution in [0.5, 0.6) is 0 Å². The van der Waals surface area contributed by atoms with Crippen LogP contribution in [0.3, 0.4) is 0 Å². The third-order valence-electron chi connectivity index (χ3n) is 1.55. The molecule has 78 valence electrons. The molecule has 0 atom stereocenters. The van der Waals surface area contributed by atoms with Crippen molar-refractivity contribution in [1.82, 2.24) is 0 Å². The van der Waals surface area contributed by atoms with Gasteiger partial charge in [-0.2, -0.15) is 0 Å². The van der Waals surface area contributed by atoms with E-state index < -0.39 is 16.7 Å². The van der Waals surface area contributed by atoms with Crippen LogP contribution in [0.4, 0.5) is 5.69 Å². The van der Waals surface area contributed by atoms with Gasteiger partial charge in [-0.3, -0.25) is 14.9 Å². The molecule has 0 fully saturated rings. The normalized spacial score (nSPS) is 9.67. The summed E-state index contributed by atoms with van der Waals surface area (Å²) < 4.78 is 0.279. The van der Waals surface area contributed by atoms with Gasteiger partial charge in [-0.05, 0) is 6.07 Å². The van der Waals surface area contributed by atoms with E-state index in [1.807, 2.05) is 0 Å². The molecule has 0 amide bonds. The smallest absolute Gasteiger partial charge is 0.377 e. The van der Waals surface area contributed by atoms with Crippen molar-refractivity contribution in [1.29, 1.82) is 0 Å². The number of rotatable bonds is 3. The second-order valence-corrected chi connectivity index (χ2v) is 3.51. The van der Waals surface area contributed by atoms with Crippen LogP contribution in [0.1, 0.15) is 10.4 Å². The van der Waals surface area contributed by atoms with Gasteiger partial charge in [0.25, 0.3) is 11.5 Å². The summed E-state index contributed by atoms with van der Waals surface area (Å²) >= 11 is 2.95. The Labute approximate surface area is 91.8 Å². The number of carboxylic acids is 1. The first-order valence-electron chi connectivity index (χ1n) is 3.64. The molecule has 6 nitrogen and oxygen atoms in total. The van der Waals surface area contributed by atoms with Gasteiger partial charge < -0.3 is 5.11 Å². The fourth-order valence-electron chi connectivity index (χ4n) is 0.934. The molecular formula is C8H4BrNO5. The van der Waals surface area contributed by atoms with Crippen LogP contribution in [-0.2, 0) is 4.79 Å². The minimum Gasteiger partial charge on any atom is -0.475 e. The van der Waals surface area contributed by atoms with Gasteiger partial charge >= 0.3 is 5.97 Å². The largest absolute Gasteiger partial charge is 0.475 e. The number of nitrogens with zero attached hydrogens (tertiary/aromatic N) is 1. The van der Waals surface area contributed by atoms with Crippen molar-refractivity contribution < 1.29 is 19.6 Å². The quantitative estimate of drug-likeness (QED) is 0.391. The molecule has 15 heavy (non-hydrogen) atoms. The second-order valence-electron chi connectivity index (χ2n) is 2.59. The lowest BCUT2D eigenvalue weighted by Crippen LogP contribution is -2.12. The maximum atomic E-state index is 11.0. The highest BCUT2D eigenvalue weighted by atomic mass is 79.9. The van der Waals surface area contributed by atoms with Crippen LogP contribution in [0.2, 0.25) is 0 Å². The van der Waals surface area contributed by atoms with Gasteiger partial charge in [0.1, 0.15) is 0 Å². The van der Waals surface area contributed by atoms with Crippen LogP contribution in [0.15, 0.2) is 22.7 Å². The highest BCUT2D eigenvalue weighted by molar-refractivity contribution is 9.10. The van der Waals surface area contributed by atoms with Gasteiger partial charge in [0.15, 0.2) is 0 Å². The van der Waals surface area contributed by atoms with Gasteiger partial charge in [-0.1, -0.05) is 15.9 Å². The standard InChI is InChI=1S/C8H4BrNO5/c9-5-1-4(7(11)8(12)13)2-6(3-5)10(14)15/h1-3H,(H,12,13). The molecule has 0 aliphatic rings. The number of hydrogen-bond donors (Lipinski definition) is 1. The Hall–Kier alpha value is -1.76. The average molecular weight is 274 g/mol. The summed E-state index contributed by atoms with van der Waals surface area (Å²) in [5.74, 6) is -2.83. The Morgan fingerprint density at radius 1 is 1.33 bits per heavy atom. The zero-order valence-electron chi connectivity index (χ0n) is 7.14. The molecule has 0 radical (unpaired) electrons. The predicted octanol–water partition coefficient (Wildman–Crippen LogP) is 1.62. The van der Waals surface area contributed by atoms with E-state index in [2.05, 4.69) is 15.9 Å². The molecule has 0 aromatic heterocycles. The minimum absolute atomic E-state index is 0.233. The summed E-state index contributed by atoms with van der Waals surface area (Å²) in [6.07, 6.45) is 0. The molecule has 1 aromatic rings. The lowest BCUT2D eigenvalue weighted by Gasteiger charge is -1.98. The third-order valence-corrected chi connectivity index (χ3v) is 2.01. The van der Waals surface area contributed by atoms with E-state index in [4.69, 9.17) is 5.11 Å². The molecule has 0 bridgehead atoms. The molecule has 0 spiro atoms. The summed E-state index contributed by atoms with van der Waals surface area (Å²) in [5, 5.41) is 18.8. The number of carbonyl (C=O) groups is 2. The summed E-state index contributed by atoms with van der Waals surface area (Å²) in [7, 11) is 0. The number of non-ortho nitro benzene ring substituents is 1. The van der Waals surface area contributed by atoms with Crippen molar-refractivity contribution in [3.8, 4) is 0 Å². The topological polar surface area (TPSA) is 97.5 Å². The number of hydrogen-bond acceptors (Lipinski definition) is 4. The first kappa shape index (κ1) is 11.3. The Morgan fingerprint density at radius 2 is 1.93 bits per heavy atom. The van der Waals surface area contributed by atoms with E-state index in [9.17, 15) is 19.7 Å². The summed E-state index contributed by atoms with van der Waals surface area (Å²) in [6, 6.07) is 3.31. The molecule has 0 heterocycles. The molecule has 0 aliphatic heterocycles. The highest BCUT2D eigenvalue weighted by Crippen LogP contribution is 2.21. The van der Waals surface area contributed by atoms with Crippen LogP contribution in [0.25, 0.3) is 0 Å². The van der Waals surface area contributed by atoms with Crippen molar-refractivity contribution in [3.63, 3.8) is 0 Å². The van der Waals surface area contributed by atoms with Crippen molar-refractivity contribution >= 4 is 33.4 Å². The maximum Gasteiger partial charge on any atom is 0.377 e. The number of carboxylic acid groups (broad SMARTS) is 1. The van der Waals surface area contributed by atoms with E-state index in [1.54, 1.807) is 0 Å². The molecule has 0 saturated carbocycles. The second kappa shape index (κ2) is 4.18.